The molecule has 1 unspecified atom stereocenters. The summed E-state index contributed by atoms with van der Waals surface area (Å²) in [5.74, 6) is -1.11. The number of aliphatic carboxylic acids is 1. The van der Waals surface area contributed by atoms with E-state index in [1.165, 1.54) is 12.1 Å². The third kappa shape index (κ3) is 3.32. The summed E-state index contributed by atoms with van der Waals surface area (Å²) in [5, 5.41) is 8.63. The molecule has 0 aliphatic rings. The van der Waals surface area contributed by atoms with E-state index in [2.05, 4.69) is 0 Å². The molecular formula is C10H13NO4S. The fourth-order valence-corrected chi connectivity index (χ4v) is 1.94. The molecule has 0 aromatic heterocycles. The molecule has 1 aromatic carbocycles. The van der Waals surface area contributed by atoms with E-state index in [-0.39, 0.29) is 11.3 Å². The number of nitrogens with two attached hydrogens (primary N) is 1. The fraction of sp³-hybridized carbons (Fsp3) is 0.300. The monoisotopic (exact) mass is 243 g/mol. The average molecular weight is 243 g/mol. The summed E-state index contributed by atoms with van der Waals surface area (Å²) in [4.78, 5) is 10.7. The van der Waals surface area contributed by atoms with Crippen molar-refractivity contribution >= 4 is 15.8 Å². The summed E-state index contributed by atoms with van der Waals surface area (Å²) in [5.41, 5.74) is 5.95. The van der Waals surface area contributed by atoms with Gasteiger partial charge in [0.15, 0.2) is 9.84 Å². The van der Waals surface area contributed by atoms with E-state index in [4.69, 9.17) is 10.8 Å². The Balaban J connectivity index is 2.96. The van der Waals surface area contributed by atoms with Crippen LogP contribution in [0.25, 0.3) is 0 Å². The van der Waals surface area contributed by atoms with E-state index < -0.39 is 21.8 Å². The molecule has 0 spiro atoms. The van der Waals surface area contributed by atoms with Crippen LogP contribution in [0, 0.1) is 0 Å². The van der Waals surface area contributed by atoms with Gasteiger partial charge in [0.25, 0.3) is 0 Å². The number of hydrogen-bond acceptors (Lipinski definition) is 4. The smallest absolute Gasteiger partial charge is 0.320 e. The quantitative estimate of drug-likeness (QED) is 0.778. The van der Waals surface area contributed by atoms with Gasteiger partial charge in [0.1, 0.15) is 6.04 Å². The summed E-state index contributed by atoms with van der Waals surface area (Å²) in [7, 11) is -3.27. The molecule has 1 aromatic rings. The second-order valence-corrected chi connectivity index (χ2v) is 5.58. The highest BCUT2D eigenvalue weighted by Gasteiger charge is 2.13. The van der Waals surface area contributed by atoms with E-state index in [0.29, 0.717) is 5.56 Å². The van der Waals surface area contributed by atoms with Crippen molar-refractivity contribution in [3.05, 3.63) is 29.8 Å². The molecule has 0 radical (unpaired) electrons. The van der Waals surface area contributed by atoms with E-state index in [1.807, 2.05) is 0 Å². The van der Waals surface area contributed by atoms with Gasteiger partial charge in [-0.05, 0) is 24.1 Å². The van der Waals surface area contributed by atoms with E-state index in [9.17, 15) is 13.2 Å². The molecule has 0 fully saturated rings. The number of rotatable bonds is 4. The first-order chi connectivity index (χ1) is 7.30. The Hall–Kier alpha value is -1.40. The van der Waals surface area contributed by atoms with Crippen LogP contribution in [0.2, 0.25) is 0 Å². The number of hydrogen-bond donors (Lipinski definition) is 2. The van der Waals surface area contributed by atoms with Crippen LogP contribution in [0.3, 0.4) is 0 Å². The Morgan fingerprint density at radius 3 is 2.62 bits per heavy atom. The van der Waals surface area contributed by atoms with Gasteiger partial charge in [0.2, 0.25) is 0 Å². The molecule has 16 heavy (non-hydrogen) atoms. The molecule has 3 N–H and O–H groups in total. The minimum absolute atomic E-state index is 0.110. The van der Waals surface area contributed by atoms with Gasteiger partial charge in [0, 0.05) is 6.26 Å². The van der Waals surface area contributed by atoms with Crippen molar-refractivity contribution in [2.45, 2.75) is 17.4 Å². The summed E-state index contributed by atoms with van der Waals surface area (Å²) in [6.07, 6.45) is 1.21. The molecule has 5 nitrogen and oxygen atoms in total. The zero-order valence-corrected chi connectivity index (χ0v) is 9.57. The van der Waals surface area contributed by atoms with Crippen LogP contribution in [0.15, 0.2) is 29.2 Å². The second-order valence-electron chi connectivity index (χ2n) is 3.57. The molecule has 0 heterocycles. The number of carbonyl (C=O) groups is 1. The van der Waals surface area contributed by atoms with Gasteiger partial charge in [-0.15, -0.1) is 0 Å². The first kappa shape index (κ1) is 12.7. The Morgan fingerprint density at radius 1 is 1.50 bits per heavy atom. The fourth-order valence-electron chi connectivity index (χ4n) is 1.24. The summed E-state index contributed by atoms with van der Waals surface area (Å²) < 4.78 is 22.5. The number of sulfone groups is 1. The topological polar surface area (TPSA) is 97.5 Å². The molecular weight excluding hydrogens is 230 g/mol. The maximum Gasteiger partial charge on any atom is 0.320 e. The zero-order chi connectivity index (χ0) is 12.3. The normalized spacial score (nSPS) is 13.4. The van der Waals surface area contributed by atoms with Gasteiger partial charge in [-0.1, -0.05) is 12.1 Å². The standard InChI is InChI=1S/C10H13NO4S/c1-16(14,15)8-4-2-3-7(5-8)6-9(11)10(12)13/h2-5,9H,6,11H2,1H3,(H,12,13). The predicted molar refractivity (Wildman–Crippen MR) is 58.9 cm³/mol. The van der Waals surface area contributed by atoms with Gasteiger partial charge in [-0.2, -0.15) is 0 Å². The Labute approximate surface area is 93.8 Å². The molecule has 6 heteroatoms. The van der Waals surface area contributed by atoms with Crippen molar-refractivity contribution in [2.24, 2.45) is 5.73 Å². The molecule has 0 bridgehead atoms. The van der Waals surface area contributed by atoms with Crippen molar-refractivity contribution in [2.75, 3.05) is 6.26 Å². The lowest BCUT2D eigenvalue weighted by Gasteiger charge is -2.07. The molecule has 0 aliphatic heterocycles. The minimum atomic E-state index is -3.27. The van der Waals surface area contributed by atoms with Crippen LogP contribution in [0.4, 0.5) is 0 Å². The lowest BCUT2D eigenvalue weighted by molar-refractivity contribution is -0.138. The largest absolute Gasteiger partial charge is 0.480 e. The van der Waals surface area contributed by atoms with Crippen molar-refractivity contribution in [3.8, 4) is 0 Å². The first-order valence-corrected chi connectivity index (χ1v) is 6.47. The lowest BCUT2D eigenvalue weighted by atomic mass is 10.1. The molecule has 0 saturated carbocycles. The van der Waals surface area contributed by atoms with Crippen LogP contribution >= 0.6 is 0 Å². The summed E-state index contributed by atoms with van der Waals surface area (Å²) in [6.45, 7) is 0. The number of carboxylic acids is 1. The molecule has 0 aliphatic carbocycles. The van der Waals surface area contributed by atoms with Gasteiger partial charge in [0.05, 0.1) is 4.90 Å². The average Bonchev–Trinajstić information content (AvgIpc) is 2.16. The first-order valence-electron chi connectivity index (χ1n) is 4.58. The van der Waals surface area contributed by atoms with Gasteiger partial charge < -0.3 is 10.8 Å². The predicted octanol–water partition coefficient (Wildman–Crippen LogP) is 0.0445. The van der Waals surface area contributed by atoms with Crippen molar-refractivity contribution in [3.63, 3.8) is 0 Å². The molecule has 88 valence electrons. The molecule has 0 amide bonds. The van der Waals surface area contributed by atoms with Crippen molar-refractivity contribution in [1.29, 1.82) is 0 Å². The van der Waals surface area contributed by atoms with Crippen LogP contribution in [0.1, 0.15) is 5.56 Å². The third-order valence-electron chi connectivity index (χ3n) is 2.10. The minimum Gasteiger partial charge on any atom is -0.480 e. The van der Waals surface area contributed by atoms with Gasteiger partial charge >= 0.3 is 5.97 Å². The summed E-state index contributed by atoms with van der Waals surface area (Å²) >= 11 is 0. The Bertz CT molecular complexity index is 495. The maximum absolute atomic E-state index is 11.3. The molecule has 1 atom stereocenters. The van der Waals surface area contributed by atoms with Crippen LogP contribution in [-0.4, -0.2) is 31.8 Å². The number of benzene rings is 1. The Kier molecular flexibility index (Phi) is 3.66. The molecule has 0 saturated heterocycles. The summed E-state index contributed by atoms with van der Waals surface area (Å²) in [6, 6.07) is 5.11. The Morgan fingerprint density at radius 2 is 2.12 bits per heavy atom. The highest BCUT2D eigenvalue weighted by molar-refractivity contribution is 7.90. The second kappa shape index (κ2) is 4.63. The van der Waals surface area contributed by atoms with Crippen molar-refractivity contribution < 1.29 is 18.3 Å². The number of carboxylic acid groups (broad SMARTS) is 1. The molecule has 1 rings (SSSR count). The van der Waals surface area contributed by atoms with Crippen LogP contribution in [-0.2, 0) is 21.1 Å². The SMILES string of the molecule is CS(=O)(=O)c1cccc(CC(N)C(=O)O)c1. The highest BCUT2D eigenvalue weighted by Crippen LogP contribution is 2.12. The van der Waals surface area contributed by atoms with E-state index >= 15 is 0 Å². The van der Waals surface area contributed by atoms with E-state index in [1.54, 1.807) is 12.1 Å². The van der Waals surface area contributed by atoms with E-state index in [0.717, 1.165) is 6.26 Å². The zero-order valence-electron chi connectivity index (χ0n) is 8.75. The van der Waals surface area contributed by atoms with Crippen LogP contribution in [0.5, 0.6) is 0 Å². The third-order valence-corrected chi connectivity index (χ3v) is 3.21. The van der Waals surface area contributed by atoms with Gasteiger partial charge in [-0.3, -0.25) is 4.79 Å². The van der Waals surface area contributed by atoms with Gasteiger partial charge in [-0.25, -0.2) is 8.42 Å². The maximum atomic E-state index is 11.3. The van der Waals surface area contributed by atoms with Crippen LogP contribution < -0.4 is 5.73 Å². The lowest BCUT2D eigenvalue weighted by Crippen LogP contribution is -2.32. The highest BCUT2D eigenvalue weighted by atomic mass is 32.2. The van der Waals surface area contributed by atoms with Crippen molar-refractivity contribution in [1.82, 2.24) is 0 Å².